The van der Waals surface area contributed by atoms with Crippen LogP contribution in [0.3, 0.4) is 0 Å². The van der Waals surface area contributed by atoms with E-state index in [1.54, 1.807) is 11.3 Å². The normalized spacial score (nSPS) is 27.2. The summed E-state index contributed by atoms with van der Waals surface area (Å²) >= 11 is 7.95. The Hall–Kier alpha value is -0.540. The van der Waals surface area contributed by atoms with Crippen LogP contribution in [0.15, 0.2) is 6.07 Å². The number of aryl methyl sites for hydroxylation is 2. The first-order chi connectivity index (χ1) is 9.15. The van der Waals surface area contributed by atoms with E-state index in [0.717, 1.165) is 37.2 Å². The second kappa shape index (κ2) is 5.45. The smallest absolute Gasteiger partial charge is 0.263 e. The van der Waals surface area contributed by atoms with Crippen molar-refractivity contribution in [2.75, 3.05) is 13.1 Å². The molecular formula is C15H20ClNOS. The van der Waals surface area contributed by atoms with Gasteiger partial charge in [0.05, 0.1) is 4.88 Å². The fourth-order valence-corrected chi connectivity index (χ4v) is 4.45. The zero-order valence-corrected chi connectivity index (χ0v) is 12.9. The molecule has 0 bridgehead atoms. The number of carbonyl (C=O) groups is 1. The van der Waals surface area contributed by atoms with E-state index in [1.165, 1.54) is 23.3 Å². The van der Waals surface area contributed by atoms with Crippen molar-refractivity contribution in [2.45, 2.75) is 44.4 Å². The molecule has 4 heteroatoms. The highest BCUT2D eigenvalue weighted by molar-refractivity contribution is 7.14. The Bertz CT molecular complexity index is 461. The van der Waals surface area contributed by atoms with Gasteiger partial charge in [0.15, 0.2) is 0 Å². The van der Waals surface area contributed by atoms with Crippen molar-refractivity contribution in [2.24, 2.45) is 5.92 Å². The van der Waals surface area contributed by atoms with Gasteiger partial charge in [0.25, 0.3) is 5.91 Å². The van der Waals surface area contributed by atoms with Gasteiger partial charge in [-0.15, -0.1) is 22.9 Å². The summed E-state index contributed by atoms with van der Waals surface area (Å²) in [7, 11) is 0. The van der Waals surface area contributed by atoms with Gasteiger partial charge in [-0.25, -0.2) is 0 Å². The van der Waals surface area contributed by atoms with Gasteiger partial charge in [-0.1, -0.05) is 6.92 Å². The minimum atomic E-state index is 0.217. The third-order valence-electron chi connectivity index (χ3n) is 4.30. The first-order valence-corrected chi connectivity index (χ1v) is 8.45. The second-order valence-electron chi connectivity index (χ2n) is 5.80. The summed E-state index contributed by atoms with van der Waals surface area (Å²) in [5.74, 6) is 0.615. The topological polar surface area (TPSA) is 20.3 Å². The van der Waals surface area contributed by atoms with Crippen LogP contribution in [0.1, 0.15) is 46.3 Å². The molecule has 2 heterocycles. The zero-order chi connectivity index (χ0) is 13.4. The van der Waals surface area contributed by atoms with Crippen LogP contribution < -0.4 is 0 Å². The number of thiophene rings is 1. The lowest BCUT2D eigenvalue weighted by Crippen LogP contribution is -2.43. The number of likely N-dealkylation sites (tertiary alicyclic amines) is 1. The van der Waals surface area contributed by atoms with Crippen molar-refractivity contribution in [3.8, 4) is 0 Å². The lowest BCUT2D eigenvalue weighted by Gasteiger charge is -2.33. The quantitative estimate of drug-likeness (QED) is 0.724. The minimum Gasteiger partial charge on any atom is -0.338 e. The van der Waals surface area contributed by atoms with Crippen LogP contribution in [0.2, 0.25) is 0 Å². The Morgan fingerprint density at radius 3 is 2.95 bits per heavy atom. The van der Waals surface area contributed by atoms with E-state index < -0.39 is 0 Å². The van der Waals surface area contributed by atoms with Crippen LogP contribution in [0, 0.1) is 5.92 Å². The van der Waals surface area contributed by atoms with Crippen LogP contribution in [0.25, 0.3) is 0 Å². The van der Waals surface area contributed by atoms with Gasteiger partial charge in [-0.05, 0) is 49.7 Å². The average Bonchev–Trinajstić information content (AvgIpc) is 2.85. The van der Waals surface area contributed by atoms with Crippen LogP contribution in [0.5, 0.6) is 0 Å². The number of rotatable bonds is 1. The fourth-order valence-electron chi connectivity index (χ4n) is 3.05. The molecule has 2 aliphatic rings. The molecule has 2 nitrogen and oxygen atoms in total. The summed E-state index contributed by atoms with van der Waals surface area (Å²) < 4.78 is 0. The van der Waals surface area contributed by atoms with Crippen LogP contribution in [-0.4, -0.2) is 29.3 Å². The van der Waals surface area contributed by atoms with Gasteiger partial charge in [-0.3, -0.25) is 4.79 Å². The van der Waals surface area contributed by atoms with Crippen molar-refractivity contribution in [3.63, 3.8) is 0 Å². The molecule has 1 aliphatic heterocycles. The fraction of sp³-hybridized carbons (Fsp3) is 0.667. The number of fused-ring (bicyclic) bond motifs is 1. The van der Waals surface area contributed by atoms with E-state index in [0.29, 0.717) is 5.92 Å². The molecule has 1 amide bonds. The third-order valence-corrected chi connectivity index (χ3v) is 6.17. The number of nitrogens with zero attached hydrogens (tertiary/aromatic N) is 1. The molecule has 1 saturated heterocycles. The van der Waals surface area contributed by atoms with E-state index in [-0.39, 0.29) is 11.3 Å². The molecule has 2 atom stereocenters. The van der Waals surface area contributed by atoms with Crippen molar-refractivity contribution in [1.82, 2.24) is 4.90 Å². The van der Waals surface area contributed by atoms with Crippen molar-refractivity contribution >= 4 is 28.8 Å². The lowest BCUT2D eigenvalue weighted by molar-refractivity contribution is 0.0692. The maximum absolute atomic E-state index is 12.6. The Morgan fingerprint density at radius 1 is 1.42 bits per heavy atom. The first kappa shape index (κ1) is 13.4. The summed E-state index contributed by atoms with van der Waals surface area (Å²) in [5.41, 5.74) is 1.42. The van der Waals surface area contributed by atoms with Crippen molar-refractivity contribution in [3.05, 3.63) is 21.4 Å². The maximum atomic E-state index is 12.6. The number of amides is 1. The molecule has 0 saturated carbocycles. The van der Waals surface area contributed by atoms with E-state index in [4.69, 9.17) is 11.6 Å². The molecule has 1 aromatic rings. The van der Waals surface area contributed by atoms with Crippen molar-refractivity contribution < 1.29 is 4.79 Å². The van der Waals surface area contributed by atoms with E-state index >= 15 is 0 Å². The summed E-state index contributed by atoms with van der Waals surface area (Å²) in [4.78, 5) is 16.9. The highest BCUT2D eigenvalue weighted by Crippen LogP contribution is 2.31. The molecule has 1 fully saturated rings. The summed E-state index contributed by atoms with van der Waals surface area (Å²) in [6.45, 7) is 3.74. The Morgan fingerprint density at radius 2 is 2.21 bits per heavy atom. The molecule has 1 aliphatic carbocycles. The van der Waals surface area contributed by atoms with Gasteiger partial charge in [0.2, 0.25) is 0 Å². The number of hydrogen-bond donors (Lipinski definition) is 0. The van der Waals surface area contributed by atoms with Gasteiger partial charge in [0, 0.05) is 23.3 Å². The molecule has 19 heavy (non-hydrogen) atoms. The van der Waals surface area contributed by atoms with E-state index in [9.17, 15) is 4.79 Å². The number of hydrogen-bond acceptors (Lipinski definition) is 2. The van der Waals surface area contributed by atoms with E-state index in [1.807, 2.05) is 4.90 Å². The van der Waals surface area contributed by atoms with Gasteiger partial charge < -0.3 is 4.90 Å². The monoisotopic (exact) mass is 297 g/mol. The van der Waals surface area contributed by atoms with Crippen molar-refractivity contribution in [1.29, 1.82) is 0 Å². The van der Waals surface area contributed by atoms with Crippen LogP contribution >= 0.6 is 22.9 Å². The highest BCUT2D eigenvalue weighted by Gasteiger charge is 2.29. The van der Waals surface area contributed by atoms with Crippen LogP contribution in [-0.2, 0) is 12.8 Å². The van der Waals surface area contributed by atoms with Gasteiger partial charge >= 0.3 is 0 Å². The largest absolute Gasteiger partial charge is 0.338 e. The molecule has 104 valence electrons. The first-order valence-electron chi connectivity index (χ1n) is 7.20. The standard InChI is InChI=1S/C15H20ClNOS/c1-10-9-17(7-6-12(10)16)15(18)14-8-11-4-2-3-5-13(11)19-14/h8,10,12H,2-7,9H2,1H3. The molecule has 0 spiro atoms. The third kappa shape index (κ3) is 2.68. The molecule has 0 N–H and O–H groups in total. The Balaban J connectivity index is 1.75. The highest BCUT2D eigenvalue weighted by atomic mass is 35.5. The van der Waals surface area contributed by atoms with Gasteiger partial charge in [-0.2, -0.15) is 0 Å². The number of halogens is 1. The summed E-state index contributed by atoms with van der Waals surface area (Å²) in [6.07, 6.45) is 5.77. The van der Waals surface area contributed by atoms with E-state index in [2.05, 4.69) is 13.0 Å². The minimum absolute atomic E-state index is 0.217. The van der Waals surface area contributed by atoms with Gasteiger partial charge in [0.1, 0.15) is 0 Å². The Labute approximate surface area is 123 Å². The molecule has 1 aromatic heterocycles. The predicted octanol–water partition coefficient (Wildman–Crippen LogP) is 3.72. The predicted molar refractivity (Wildman–Crippen MR) is 80.3 cm³/mol. The molecule has 0 radical (unpaired) electrons. The lowest BCUT2D eigenvalue weighted by atomic mass is 9.98. The number of alkyl halides is 1. The molecular weight excluding hydrogens is 278 g/mol. The zero-order valence-electron chi connectivity index (χ0n) is 11.3. The number of piperidine rings is 1. The van der Waals surface area contributed by atoms with Crippen LogP contribution in [0.4, 0.5) is 0 Å². The summed E-state index contributed by atoms with van der Waals surface area (Å²) in [6, 6.07) is 2.14. The number of carbonyl (C=O) groups excluding carboxylic acids is 1. The maximum Gasteiger partial charge on any atom is 0.263 e. The SMILES string of the molecule is CC1CN(C(=O)c2cc3c(s2)CCCC3)CCC1Cl. The average molecular weight is 298 g/mol. The molecule has 0 aromatic carbocycles. The summed E-state index contributed by atoms with van der Waals surface area (Å²) in [5, 5.41) is 0.223. The Kier molecular flexibility index (Phi) is 3.86. The second-order valence-corrected chi connectivity index (χ2v) is 7.50. The molecule has 3 rings (SSSR count). The molecule has 2 unspecified atom stereocenters.